The van der Waals surface area contributed by atoms with E-state index in [-0.39, 0.29) is 16.0 Å². The van der Waals surface area contributed by atoms with Crippen LogP contribution in [0.15, 0.2) is 23.1 Å². The smallest absolute Gasteiger partial charge is 0.242 e. The third kappa shape index (κ3) is 3.94. The van der Waals surface area contributed by atoms with E-state index in [4.69, 9.17) is 11.0 Å². The van der Waals surface area contributed by atoms with E-state index in [9.17, 15) is 8.42 Å². The van der Waals surface area contributed by atoms with Gasteiger partial charge in [0.15, 0.2) is 0 Å². The van der Waals surface area contributed by atoms with E-state index in [0.29, 0.717) is 12.1 Å². The Morgan fingerprint density at radius 3 is 2.53 bits per heavy atom. The predicted molar refractivity (Wildman–Crippen MR) is 74.8 cm³/mol. The van der Waals surface area contributed by atoms with Gasteiger partial charge in [0, 0.05) is 6.54 Å². The number of nitriles is 1. The Hall–Kier alpha value is -1.58. The molecule has 6 heteroatoms. The maximum Gasteiger partial charge on any atom is 0.242 e. The fraction of sp³-hybridized carbons (Fsp3) is 0.462. The Bertz CT molecular complexity index is 601. The minimum absolute atomic E-state index is 0.0124. The lowest BCUT2D eigenvalue weighted by Gasteiger charge is -2.23. The summed E-state index contributed by atoms with van der Waals surface area (Å²) in [6.45, 7) is 6.31. The highest BCUT2D eigenvalue weighted by Crippen LogP contribution is 2.22. The summed E-state index contributed by atoms with van der Waals surface area (Å²) in [4.78, 5) is 0.0124. The van der Waals surface area contributed by atoms with E-state index in [1.54, 1.807) is 0 Å². The van der Waals surface area contributed by atoms with Crippen molar-refractivity contribution in [2.24, 2.45) is 5.41 Å². The van der Waals surface area contributed by atoms with E-state index in [2.05, 4.69) is 4.72 Å². The lowest BCUT2D eigenvalue weighted by atomic mass is 9.91. The largest absolute Gasteiger partial charge is 0.398 e. The van der Waals surface area contributed by atoms with Crippen LogP contribution >= 0.6 is 0 Å². The topological polar surface area (TPSA) is 96.0 Å². The zero-order valence-corrected chi connectivity index (χ0v) is 12.2. The molecule has 0 bridgehead atoms. The van der Waals surface area contributed by atoms with Crippen molar-refractivity contribution in [2.75, 3.05) is 12.3 Å². The molecule has 0 aromatic heterocycles. The molecule has 0 amide bonds. The molecule has 0 saturated heterocycles. The lowest BCUT2D eigenvalue weighted by Crippen LogP contribution is -2.34. The maximum absolute atomic E-state index is 12.1. The number of benzene rings is 1. The summed E-state index contributed by atoms with van der Waals surface area (Å²) in [5.41, 5.74) is 5.99. The molecule has 0 radical (unpaired) electrons. The van der Waals surface area contributed by atoms with Crippen molar-refractivity contribution in [2.45, 2.75) is 32.1 Å². The molecule has 0 saturated carbocycles. The van der Waals surface area contributed by atoms with Crippen LogP contribution in [0.1, 0.15) is 32.8 Å². The summed E-state index contributed by atoms with van der Waals surface area (Å²) in [5, 5.41) is 8.73. The quantitative estimate of drug-likeness (QED) is 0.805. The van der Waals surface area contributed by atoms with Crippen molar-refractivity contribution in [1.29, 1.82) is 5.26 Å². The first-order chi connectivity index (χ1) is 8.72. The molecule has 0 unspecified atom stereocenters. The Labute approximate surface area is 114 Å². The summed E-state index contributed by atoms with van der Waals surface area (Å²) < 4.78 is 26.8. The molecule has 0 fully saturated rings. The van der Waals surface area contributed by atoms with Crippen LogP contribution in [0.5, 0.6) is 0 Å². The van der Waals surface area contributed by atoms with E-state index in [0.717, 1.165) is 6.42 Å². The SMILES string of the molecule is CCC(C)(C)CNS(=O)(=O)c1ccc(C#N)cc1N. The van der Waals surface area contributed by atoms with Gasteiger partial charge >= 0.3 is 0 Å². The summed E-state index contributed by atoms with van der Waals surface area (Å²) in [7, 11) is -3.64. The third-order valence-electron chi connectivity index (χ3n) is 3.13. The van der Waals surface area contributed by atoms with E-state index < -0.39 is 10.0 Å². The van der Waals surface area contributed by atoms with Gasteiger partial charge in [-0.2, -0.15) is 5.26 Å². The number of hydrogen-bond donors (Lipinski definition) is 2. The normalized spacial score (nSPS) is 12.1. The van der Waals surface area contributed by atoms with Crippen molar-refractivity contribution >= 4 is 15.7 Å². The van der Waals surface area contributed by atoms with Gasteiger partial charge in [0.1, 0.15) is 4.90 Å². The van der Waals surface area contributed by atoms with Crippen molar-refractivity contribution in [3.8, 4) is 6.07 Å². The van der Waals surface area contributed by atoms with Crippen LogP contribution in [0.25, 0.3) is 0 Å². The predicted octanol–water partition coefficient (Wildman–Crippen LogP) is 1.85. The Morgan fingerprint density at radius 1 is 1.42 bits per heavy atom. The fourth-order valence-corrected chi connectivity index (χ4v) is 2.71. The van der Waals surface area contributed by atoms with E-state index in [1.165, 1.54) is 18.2 Å². The van der Waals surface area contributed by atoms with Crippen molar-refractivity contribution in [3.05, 3.63) is 23.8 Å². The van der Waals surface area contributed by atoms with Gasteiger partial charge in [0.2, 0.25) is 10.0 Å². The van der Waals surface area contributed by atoms with Gasteiger partial charge in [-0.1, -0.05) is 20.8 Å². The van der Waals surface area contributed by atoms with E-state index in [1.807, 2.05) is 26.8 Å². The van der Waals surface area contributed by atoms with Crippen molar-refractivity contribution in [1.82, 2.24) is 4.72 Å². The summed E-state index contributed by atoms with van der Waals surface area (Å²) in [6, 6.07) is 6.07. The molecule has 104 valence electrons. The first-order valence-corrected chi connectivity index (χ1v) is 7.49. The van der Waals surface area contributed by atoms with Gasteiger partial charge in [-0.25, -0.2) is 13.1 Å². The first kappa shape index (κ1) is 15.5. The van der Waals surface area contributed by atoms with E-state index >= 15 is 0 Å². The Balaban J connectivity index is 2.99. The molecule has 3 N–H and O–H groups in total. The Kier molecular flexibility index (Phi) is 4.56. The van der Waals surface area contributed by atoms with Crippen LogP contribution in [0.3, 0.4) is 0 Å². The highest BCUT2D eigenvalue weighted by atomic mass is 32.2. The van der Waals surface area contributed by atoms with Gasteiger partial charge in [-0.3, -0.25) is 0 Å². The van der Waals surface area contributed by atoms with Crippen molar-refractivity contribution in [3.63, 3.8) is 0 Å². The first-order valence-electron chi connectivity index (χ1n) is 6.01. The number of nitrogens with two attached hydrogens (primary N) is 1. The summed E-state index contributed by atoms with van der Waals surface area (Å²) >= 11 is 0. The van der Waals surface area contributed by atoms with Crippen molar-refractivity contribution < 1.29 is 8.42 Å². The molecule has 0 spiro atoms. The van der Waals surface area contributed by atoms with Gasteiger partial charge < -0.3 is 5.73 Å². The second-order valence-electron chi connectivity index (χ2n) is 5.21. The van der Waals surface area contributed by atoms with Crippen LogP contribution in [0, 0.1) is 16.7 Å². The standard InChI is InChI=1S/C13H19N3O2S/c1-4-13(2,3)9-16-19(17,18)12-6-5-10(8-14)7-11(12)15/h5-7,16H,4,9,15H2,1-3H3. The number of nitrogens with zero attached hydrogens (tertiary/aromatic N) is 1. The minimum atomic E-state index is -3.64. The average Bonchev–Trinajstić information content (AvgIpc) is 2.36. The molecule has 19 heavy (non-hydrogen) atoms. The number of nitrogens with one attached hydrogen (secondary N) is 1. The highest BCUT2D eigenvalue weighted by molar-refractivity contribution is 7.89. The van der Waals surface area contributed by atoms with Crippen LogP contribution in [-0.4, -0.2) is 15.0 Å². The molecule has 0 heterocycles. The molecule has 1 aromatic carbocycles. The number of hydrogen-bond acceptors (Lipinski definition) is 4. The zero-order chi connectivity index (χ0) is 14.7. The lowest BCUT2D eigenvalue weighted by molar-refractivity contribution is 0.350. The average molecular weight is 281 g/mol. The molecule has 0 aliphatic rings. The zero-order valence-electron chi connectivity index (χ0n) is 11.4. The molecule has 0 atom stereocenters. The molecule has 1 rings (SSSR count). The van der Waals surface area contributed by atoms with Crippen LogP contribution in [-0.2, 0) is 10.0 Å². The Morgan fingerprint density at radius 2 is 2.05 bits per heavy atom. The maximum atomic E-state index is 12.1. The van der Waals surface area contributed by atoms with Crippen LogP contribution in [0.4, 0.5) is 5.69 Å². The third-order valence-corrected chi connectivity index (χ3v) is 4.60. The monoisotopic (exact) mass is 281 g/mol. The number of sulfonamides is 1. The number of anilines is 1. The summed E-state index contributed by atoms with van der Waals surface area (Å²) in [6.07, 6.45) is 0.859. The fourth-order valence-electron chi connectivity index (χ4n) is 1.36. The molecule has 1 aromatic rings. The van der Waals surface area contributed by atoms with Gasteiger partial charge in [0.05, 0.1) is 17.3 Å². The van der Waals surface area contributed by atoms with Gasteiger partial charge in [0.25, 0.3) is 0 Å². The van der Waals surface area contributed by atoms with Gasteiger partial charge in [-0.05, 0) is 30.0 Å². The van der Waals surface area contributed by atoms with Crippen LogP contribution < -0.4 is 10.5 Å². The molecular formula is C13H19N3O2S. The summed E-state index contributed by atoms with van der Waals surface area (Å²) in [5.74, 6) is 0. The highest BCUT2D eigenvalue weighted by Gasteiger charge is 2.22. The second-order valence-corrected chi connectivity index (χ2v) is 6.94. The minimum Gasteiger partial charge on any atom is -0.398 e. The second kappa shape index (κ2) is 5.59. The van der Waals surface area contributed by atoms with Crippen LogP contribution in [0.2, 0.25) is 0 Å². The number of rotatable bonds is 5. The molecule has 5 nitrogen and oxygen atoms in total. The molecular weight excluding hydrogens is 262 g/mol. The molecule has 0 aliphatic carbocycles. The molecule has 0 aliphatic heterocycles. The van der Waals surface area contributed by atoms with Gasteiger partial charge in [-0.15, -0.1) is 0 Å². The number of nitrogen functional groups attached to an aromatic ring is 1.